The average molecular weight is 336 g/mol. The molecule has 1 aromatic rings. The molecule has 0 radical (unpaired) electrons. The molecule has 24 heavy (non-hydrogen) atoms. The highest BCUT2D eigenvalue weighted by atomic mass is 19.1. The summed E-state index contributed by atoms with van der Waals surface area (Å²) in [5, 5.41) is 2.80. The number of amides is 2. The van der Waals surface area contributed by atoms with Gasteiger partial charge in [-0.25, -0.2) is 8.78 Å². The van der Waals surface area contributed by atoms with E-state index in [2.05, 4.69) is 5.32 Å². The van der Waals surface area contributed by atoms with Gasteiger partial charge in [0.15, 0.2) is 0 Å². The van der Waals surface area contributed by atoms with Crippen LogP contribution < -0.4 is 5.32 Å². The highest BCUT2D eigenvalue weighted by Gasteiger charge is 2.36. The van der Waals surface area contributed by atoms with Crippen molar-refractivity contribution in [2.45, 2.75) is 38.6 Å². The Kier molecular flexibility index (Phi) is 4.83. The molecule has 1 aliphatic heterocycles. The maximum absolute atomic E-state index is 13.8. The molecule has 2 fully saturated rings. The van der Waals surface area contributed by atoms with Crippen LogP contribution in [0, 0.1) is 23.5 Å². The normalized spacial score (nSPS) is 19.9. The van der Waals surface area contributed by atoms with E-state index in [1.807, 2.05) is 4.90 Å². The van der Waals surface area contributed by atoms with E-state index in [0.717, 1.165) is 18.9 Å². The Balaban J connectivity index is 1.52. The minimum Gasteiger partial charge on any atom is -0.349 e. The zero-order valence-corrected chi connectivity index (χ0v) is 13.7. The second-order valence-electron chi connectivity index (χ2n) is 6.77. The van der Waals surface area contributed by atoms with Gasteiger partial charge in [0.1, 0.15) is 11.6 Å². The predicted molar refractivity (Wildman–Crippen MR) is 84.9 cm³/mol. The van der Waals surface area contributed by atoms with Gasteiger partial charge in [0, 0.05) is 36.6 Å². The minimum absolute atomic E-state index is 0.134. The smallest absolute Gasteiger partial charge is 0.225 e. The SMILES string of the molecule is C[C@@H](NC(=O)C1CCN(C(=O)C2CC2)CC1)c1ccc(F)cc1F. The van der Waals surface area contributed by atoms with Gasteiger partial charge in [0.05, 0.1) is 6.04 Å². The maximum atomic E-state index is 13.8. The van der Waals surface area contributed by atoms with E-state index in [4.69, 9.17) is 0 Å². The minimum atomic E-state index is -0.660. The van der Waals surface area contributed by atoms with Gasteiger partial charge in [0.2, 0.25) is 11.8 Å². The monoisotopic (exact) mass is 336 g/mol. The van der Waals surface area contributed by atoms with E-state index in [9.17, 15) is 18.4 Å². The Morgan fingerprint density at radius 3 is 2.38 bits per heavy atom. The van der Waals surface area contributed by atoms with Crippen molar-refractivity contribution in [1.29, 1.82) is 0 Å². The van der Waals surface area contributed by atoms with Gasteiger partial charge in [-0.15, -0.1) is 0 Å². The van der Waals surface area contributed by atoms with Crippen molar-refractivity contribution in [3.8, 4) is 0 Å². The fraction of sp³-hybridized carbons (Fsp3) is 0.556. The molecular weight excluding hydrogens is 314 g/mol. The third-order valence-electron chi connectivity index (χ3n) is 4.89. The first kappa shape index (κ1) is 16.9. The molecular formula is C18H22F2N2O2. The van der Waals surface area contributed by atoms with Crippen molar-refractivity contribution in [3.63, 3.8) is 0 Å². The van der Waals surface area contributed by atoms with Crippen LogP contribution in [-0.2, 0) is 9.59 Å². The Labute approximate surface area is 140 Å². The highest BCUT2D eigenvalue weighted by molar-refractivity contribution is 5.82. The molecule has 0 spiro atoms. The highest BCUT2D eigenvalue weighted by Crippen LogP contribution is 2.32. The zero-order chi connectivity index (χ0) is 17.3. The second kappa shape index (κ2) is 6.87. The molecule has 1 saturated heterocycles. The number of hydrogen-bond acceptors (Lipinski definition) is 2. The van der Waals surface area contributed by atoms with Crippen LogP contribution in [0.2, 0.25) is 0 Å². The number of carbonyl (C=O) groups is 2. The summed E-state index contributed by atoms with van der Waals surface area (Å²) in [5.41, 5.74) is 0.270. The molecule has 0 aromatic heterocycles. The Bertz CT molecular complexity index is 638. The number of carbonyl (C=O) groups excluding carboxylic acids is 2. The van der Waals surface area contributed by atoms with E-state index in [0.29, 0.717) is 25.9 Å². The molecule has 1 saturated carbocycles. The summed E-state index contributed by atoms with van der Waals surface area (Å²) in [4.78, 5) is 26.2. The van der Waals surface area contributed by atoms with Crippen molar-refractivity contribution in [2.24, 2.45) is 11.8 Å². The fourth-order valence-corrected chi connectivity index (χ4v) is 3.21. The molecule has 2 aliphatic rings. The van der Waals surface area contributed by atoms with Gasteiger partial charge in [-0.2, -0.15) is 0 Å². The van der Waals surface area contributed by atoms with Crippen LogP contribution in [0.1, 0.15) is 44.2 Å². The molecule has 2 amide bonds. The quantitative estimate of drug-likeness (QED) is 0.919. The van der Waals surface area contributed by atoms with E-state index in [1.54, 1.807) is 6.92 Å². The van der Waals surface area contributed by atoms with Gasteiger partial charge >= 0.3 is 0 Å². The number of nitrogens with zero attached hydrogens (tertiary/aromatic N) is 1. The van der Waals surface area contributed by atoms with Crippen molar-refractivity contribution >= 4 is 11.8 Å². The molecule has 6 heteroatoms. The van der Waals surface area contributed by atoms with Crippen LogP contribution in [0.3, 0.4) is 0 Å². The van der Waals surface area contributed by atoms with E-state index in [-0.39, 0.29) is 29.2 Å². The summed E-state index contributed by atoms with van der Waals surface area (Å²) >= 11 is 0. The molecule has 1 aliphatic carbocycles. The van der Waals surface area contributed by atoms with Gasteiger partial charge < -0.3 is 10.2 Å². The van der Waals surface area contributed by atoms with Crippen LogP contribution in [0.15, 0.2) is 18.2 Å². The number of benzene rings is 1. The summed E-state index contributed by atoms with van der Waals surface area (Å²) in [6, 6.07) is 2.83. The number of hydrogen-bond donors (Lipinski definition) is 1. The van der Waals surface area contributed by atoms with Crippen LogP contribution in [0.25, 0.3) is 0 Å². The van der Waals surface area contributed by atoms with E-state index in [1.165, 1.54) is 12.1 Å². The first-order chi connectivity index (χ1) is 11.5. The summed E-state index contributed by atoms with van der Waals surface area (Å²) in [6.45, 7) is 2.89. The van der Waals surface area contributed by atoms with Crippen molar-refractivity contribution in [1.82, 2.24) is 10.2 Å². The summed E-state index contributed by atoms with van der Waals surface area (Å²) < 4.78 is 26.7. The van der Waals surface area contributed by atoms with Gasteiger partial charge in [-0.1, -0.05) is 6.07 Å². The molecule has 3 rings (SSSR count). The lowest BCUT2D eigenvalue weighted by Gasteiger charge is -2.32. The Morgan fingerprint density at radius 1 is 1.12 bits per heavy atom. The zero-order valence-electron chi connectivity index (χ0n) is 13.7. The Hall–Kier alpha value is -1.98. The van der Waals surface area contributed by atoms with Gasteiger partial charge in [-0.05, 0) is 38.7 Å². The Morgan fingerprint density at radius 2 is 1.79 bits per heavy atom. The third kappa shape index (κ3) is 3.74. The van der Waals surface area contributed by atoms with Crippen molar-refractivity contribution in [3.05, 3.63) is 35.4 Å². The molecule has 130 valence electrons. The maximum Gasteiger partial charge on any atom is 0.225 e. The second-order valence-corrected chi connectivity index (χ2v) is 6.77. The number of piperidine rings is 1. The first-order valence-electron chi connectivity index (χ1n) is 8.50. The number of rotatable bonds is 4. The first-order valence-corrected chi connectivity index (χ1v) is 8.50. The lowest BCUT2D eigenvalue weighted by atomic mass is 9.95. The molecule has 4 nitrogen and oxygen atoms in total. The molecule has 1 N–H and O–H groups in total. The van der Waals surface area contributed by atoms with Crippen molar-refractivity contribution < 1.29 is 18.4 Å². The molecule has 0 bridgehead atoms. The summed E-state index contributed by atoms with van der Waals surface area (Å²) in [7, 11) is 0. The number of halogens is 2. The molecule has 1 atom stereocenters. The van der Waals surface area contributed by atoms with Gasteiger partial charge in [-0.3, -0.25) is 9.59 Å². The standard InChI is InChI=1S/C18H22F2N2O2/c1-11(15-5-4-14(19)10-16(15)20)21-17(23)12-6-8-22(9-7-12)18(24)13-2-3-13/h4-5,10-13H,2-3,6-9H2,1H3,(H,21,23)/t11-/m1/s1. The average Bonchev–Trinajstić information content (AvgIpc) is 3.39. The van der Waals surface area contributed by atoms with Crippen LogP contribution >= 0.6 is 0 Å². The number of nitrogens with one attached hydrogen (secondary N) is 1. The van der Waals surface area contributed by atoms with Crippen LogP contribution in [-0.4, -0.2) is 29.8 Å². The summed E-state index contributed by atoms with van der Waals surface area (Å²) in [6.07, 6.45) is 3.23. The van der Waals surface area contributed by atoms with E-state index >= 15 is 0 Å². The summed E-state index contributed by atoms with van der Waals surface area (Å²) in [5.74, 6) is -1.17. The molecule has 0 unspecified atom stereocenters. The predicted octanol–water partition coefficient (Wildman–Crippen LogP) is 2.79. The lowest BCUT2D eigenvalue weighted by Crippen LogP contribution is -2.44. The van der Waals surface area contributed by atoms with Gasteiger partial charge in [0.25, 0.3) is 0 Å². The fourth-order valence-electron chi connectivity index (χ4n) is 3.21. The van der Waals surface area contributed by atoms with Crippen LogP contribution in [0.5, 0.6) is 0 Å². The van der Waals surface area contributed by atoms with Crippen LogP contribution in [0.4, 0.5) is 8.78 Å². The third-order valence-corrected chi connectivity index (χ3v) is 4.89. The van der Waals surface area contributed by atoms with Crippen molar-refractivity contribution in [2.75, 3.05) is 13.1 Å². The molecule has 1 aromatic carbocycles. The number of likely N-dealkylation sites (tertiary alicyclic amines) is 1. The molecule has 1 heterocycles. The topological polar surface area (TPSA) is 49.4 Å². The lowest BCUT2D eigenvalue weighted by molar-refractivity contribution is -0.136. The van der Waals surface area contributed by atoms with E-state index < -0.39 is 17.7 Å². The largest absolute Gasteiger partial charge is 0.349 e.